The number of nitrogens with zero attached hydrogens (tertiary/aromatic N) is 1. The molecule has 18 heavy (non-hydrogen) atoms. The number of benzene rings is 1. The quantitative estimate of drug-likeness (QED) is 0.509. The predicted molar refractivity (Wildman–Crippen MR) is 74.9 cm³/mol. The van der Waals surface area contributed by atoms with Gasteiger partial charge in [0, 0.05) is 23.1 Å². The number of likely N-dealkylation sites (tertiary alicyclic amines) is 1. The Labute approximate surface area is 116 Å². The molecule has 98 valence electrons. The van der Waals surface area contributed by atoms with E-state index >= 15 is 0 Å². The van der Waals surface area contributed by atoms with Gasteiger partial charge in [0.2, 0.25) is 0 Å². The monoisotopic (exact) mass is 311 g/mol. The zero-order valence-corrected chi connectivity index (χ0v) is 12.0. The Morgan fingerprint density at radius 2 is 2.39 bits per heavy atom. The van der Waals surface area contributed by atoms with Crippen LogP contribution in [0.15, 0.2) is 22.7 Å². The molecule has 0 saturated carbocycles. The smallest absolute Gasteiger partial charge is 0.265 e. The number of carbonyl (C=O) groups is 1. The van der Waals surface area contributed by atoms with E-state index in [4.69, 9.17) is 5.84 Å². The molecule has 5 heteroatoms. The molecule has 1 heterocycles. The zero-order chi connectivity index (χ0) is 13.1. The van der Waals surface area contributed by atoms with Crippen LogP contribution in [0, 0.1) is 5.92 Å². The predicted octanol–water partition coefficient (Wildman–Crippen LogP) is 1.89. The fraction of sp³-hybridized carbons (Fsp3) is 0.462. The van der Waals surface area contributed by atoms with Crippen molar-refractivity contribution in [2.24, 2.45) is 11.8 Å². The van der Waals surface area contributed by atoms with E-state index in [0.717, 1.165) is 30.0 Å². The highest BCUT2D eigenvalue weighted by Gasteiger charge is 2.19. The number of nitrogen functional groups attached to an aromatic ring is 1. The minimum Gasteiger partial charge on any atom is -0.299 e. The fourth-order valence-electron chi connectivity index (χ4n) is 2.31. The molecule has 1 amide bonds. The third-order valence-corrected chi connectivity index (χ3v) is 4.09. The summed E-state index contributed by atoms with van der Waals surface area (Å²) in [6.07, 6.45) is 1.27. The molecular formula is C13H18BrN3O. The number of nitrogens with two attached hydrogens (primary N) is 1. The first kappa shape index (κ1) is 13.5. The van der Waals surface area contributed by atoms with Crippen molar-refractivity contribution in [2.75, 3.05) is 13.1 Å². The van der Waals surface area contributed by atoms with Crippen molar-refractivity contribution in [3.8, 4) is 0 Å². The molecule has 1 unspecified atom stereocenters. The first-order valence-corrected chi connectivity index (χ1v) is 6.91. The molecule has 3 N–H and O–H groups in total. The number of hydrazine groups is 1. The van der Waals surface area contributed by atoms with Crippen LogP contribution < -0.4 is 11.3 Å². The fourth-order valence-corrected chi connectivity index (χ4v) is 2.82. The van der Waals surface area contributed by atoms with Gasteiger partial charge in [0.25, 0.3) is 5.91 Å². The highest BCUT2D eigenvalue weighted by molar-refractivity contribution is 9.10. The van der Waals surface area contributed by atoms with Crippen molar-refractivity contribution in [1.29, 1.82) is 0 Å². The summed E-state index contributed by atoms with van der Waals surface area (Å²) in [6.45, 7) is 5.51. The Morgan fingerprint density at radius 1 is 1.61 bits per heavy atom. The van der Waals surface area contributed by atoms with Crippen LogP contribution in [0.1, 0.15) is 29.3 Å². The van der Waals surface area contributed by atoms with E-state index in [1.54, 1.807) is 0 Å². The number of nitrogens with one attached hydrogen (secondary N) is 1. The largest absolute Gasteiger partial charge is 0.299 e. The van der Waals surface area contributed by atoms with E-state index < -0.39 is 0 Å². The Bertz CT molecular complexity index is 450. The maximum absolute atomic E-state index is 11.4. The summed E-state index contributed by atoms with van der Waals surface area (Å²) in [5, 5.41) is 0. The molecule has 2 rings (SSSR count). The lowest BCUT2D eigenvalue weighted by Crippen LogP contribution is -2.30. The van der Waals surface area contributed by atoms with Crippen LogP contribution in [0.3, 0.4) is 0 Å². The maximum atomic E-state index is 11.4. The first-order chi connectivity index (χ1) is 8.60. The van der Waals surface area contributed by atoms with Gasteiger partial charge in [0.05, 0.1) is 0 Å². The second-order valence-corrected chi connectivity index (χ2v) is 5.76. The van der Waals surface area contributed by atoms with E-state index in [2.05, 4.69) is 33.2 Å². The summed E-state index contributed by atoms with van der Waals surface area (Å²) >= 11 is 3.52. The van der Waals surface area contributed by atoms with Crippen LogP contribution in [0.2, 0.25) is 0 Å². The van der Waals surface area contributed by atoms with Gasteiger partial charge in [-0.05, 0) is 36.6 Å². The molecule has 1 aromatic carbocycles. The van der Waals surface area contributed by atoms with Crippen molar-refractivity contribution < 1.29 is 4.79 Å². The molecule has 0 spiro atoms. The number of rotatable bonds is 3. The van der Waals surface area contributed by atoms with Crippen LogP contribution in [0.4, 0.5) is 0 Å². The van der Waals surface area contributed by atoms with Gasteiger partial charge in [0.1, 0.15) is 0 Å². The SMILES string of the molecule is CC1CCN(Cc2ccc(C(=O)NN)cc2Br)C1. The third kappa shape index (κ3) is 3.10. The molecule has 4 nitrogen and oxygen atoms in total. The van der Waals surface area contributed by atoms with Crippen LogP contribution in [-0.2, 0) is 6.54 Å². The van der Waals surface area contributed by atoms with Crippen molar-refractivity contribution in [3.63, 3.8) is 0 Å². The number of amides is 1. The molecule has 0 aromatic heterocycles. The second kappa shape index (κ2) is 5.82. The Kier molecular flexibility index (Phi) is 4.37. The molecule has 1 aromatic rings. The summed E-state index contributed by atoms with van der Waals surface area (Å²) < 4.78 is 0.961. The Balaban J connectivity index is 2.08. The van der Waals surface area contributed by atoms with Gasteiger partial charge in [-0.25, -0.2) is 5.84 Å². The lowest BCUT2D eigenvalue weighted by Gasteiger charge is -2.16. The summed E-state index contributed by atoms with van der Waals surface area (Å²) in [7, 11) is 0. The van der Waals surface area contributed by atoms with Crippen LogP contribution in [-0.4, -0.2) is 23.9 Å². The van der Waals surface area contributed by atoms with Gasteiger partial charge in [0.15, 0.2) is 0 Å². The van der Waals surface area contributed by atoms with Crippen molar-refractivity contribution in [1.82, 2.24) is 10.3 Å². The Hall–Kier alpha value is -0.910. The minimum atomic E-state index is -0.267. The van der Waals surface area contributed by atoms with E-state index in [1.807, 2.05) is 18.2 Å². The lowest BCUT2D eigenvalue weighted by atomic mass is 10.1. The number of halogens is 1. The van der Waals surface area contributed by atoms with Gasteiger partial charge in [-0.15, -0.1) is 0 Å². The van der Waals surface area contributed by atoms with Gasteiger partial charge in [-0.2, -0.15) is 0 Å². The molecule has 0 aliphatic carbocycles. The van der Waals surface area contributed by atoms with Crippen molar-refractivity contribution in [3.05, 3.63) is 33.8 Å². The van der Waals surface area contributed by atoms with Crippen LogP contribution in [0.5, 0.6) is 0 Å². The summed E-state index contributed by atoms with van der Waals surface area (Å²) in [5.74, 6) is 5.63. The normalized spacial score (nSPS) is 20.1. The van der Waals surface area contributed by atoms with Gasteiger partial charge >= 0.3 is 0 Å². The molecule has 1 fully saturated rings. The number of hydrogen-bond donors (Lipinski definition) is 2. The van der Waals surface area contributed by atoms with E-state index in [0.29, 0.717) is 5.56 Å². The van der Waals surface area contributed by atoms with Crippen molar-refractivity contribution >= 4 is 21.8 Å². The topological polar surface area (TPSA) is 58.4 Å². The molecule has 1 aliphatic rings. The lowest BCUT2D eigenvalue weighted by molar-refractivity contribution is 0.0953. The Morgan fingerprint density at radius 3 is 2.94 bits per heavy atom. The average molecular weight is 312 g/mol. The summed E-state index contributed by atoms with van der Waals surface area (Å²) in [4.78, 5) is 13.8. The number of hydrogen-bond acceptors (Lipinski definition) is 3. The van der Waals surface area contributed by atoms with Gasteiger partial charge in [-0.3, -0.25) is 15.1 Å². The zero-order valence-electron chi connectivity index (χ0n) is 10.4. The third-order valence-electron chi connectivity index (χ3n) is 3.35. The van der Waals surface area contributed by atoms with E-state index in [-0.39, 0.29) is 5.91 Å². The van der Waals surface area contributed by atoms with Gasteiger partial charge in [-0.1, -0.05) is 28.9 Å². The summed E-state index contributed by atoms with van der Waals surface area (Å²) in [5.41, 5.74) is 3.91. The van der Waals surface area contributed by atoms with Crippen LogP contribution in [0.25, 0.3) is 0 Å². The average Bonchev–Trinajstić information content (AvgIpc) is 2.76. The van der Waals surface area contributed by atoms with E-state index in [1.165, 1.54) is 12.0 Å². The minimum absolute atomic E-state index is 0.267. The maximum Gasteiger partial charge on any atom is 0.265 e. The molecule has 1 aliphatic heterocycles. The molecular weight excluding hydrogens is 294 g/mol. The van der Waals surface area contributed by atoms with Crippen LogP contribution >= 0.6 is 15.9 Å². The highest BCUT2D eigenvalue weighted by Crippen LogP contribution is 2.23. The molecule has 1 atom stereocenters. The molecule has 0 bridgehead atoms. The van der Waals surface area contributed by atoms with Gasteiger partial charge < -0.3 is 0 Å². The number of carbonyl (C=O) groups excluding carboxylic acids is 1. The molecule has 0 radical (unpaired) electrons. The summed E-state index contributed by atoms with van der Waals surface area (Å²) in [6, 6.07) is 5.61. The van der Waals surface area contributed by atoms with Crippen molar-refractivity contribution in [2.45, 2.75) is 19.9 Å². The second-order valence-electron chi connectivity index (χ2n) is 4.91. The first-order valence-electron chi connectivity index (χ1n) is 6.12. The highest BCUT2D eigenvalue weighted by atomic mass is 79.9. The molecule has 1 saturated heterocycles. The van der Waals surface area contributed by atoms with E-state index in [9.17, 15) is 4.79 Å². The standard InChI is InChI=1S/C13H18BrN3O/c1-9-4-5-17(7-9)8-11-3-2-10(6-12(11)14)13(18)16-15/h2-3,6,9H,4-5,7-8,15H2,1H3,(H,16,18).